The average molecular weight is 148 g/mol. The Balaban J connectivity index is 1.85. The van der Waals surface area contributed by atoms with Crippen molar-refractivity contribution in [3.05, 3.63) is 0 Å². The quantitative estimate of drug-likeness (QED) is 0.495. The molecule has 0 amide bonds. The Morgan fingerprint density at radius 2 is 1.55 bits per heavy atom. The molecule has 0 aromatic carbocycles. The predicted molar refractivity (Wildman–Crippen MR) is 44.0 cm³/mol. The summed E-state index contributed by atoms with van der Waals surface area (Å²) in [6.07, 6.45) is 8.15. The first kappa shape index (κ1) is 5.61. The smallest absolute Gasteiger partial charge is 0.0323 e. The second-order valence-electron chi connectivity index (χ2n) is 5.47. The summed E-state index contributed by atoms with van der Waals surface area (Å²) in [5, 5.41) is 0. The van der Waals surface area contributed by atoms with Gasteiger partial charge in [0.1, 0.15) is 0 Å². The van der Waals surface area contributed by atoms with Gasteiger partial charge in [0.05, 0.1) is 0 Å². The lowest BCUT2D eigenvalue weighted by Gasteiger charge is -2.55. The molecule has 0 heterocycles. The van der Waals surface area contributed by atoms with Gasteiger partial charge >= 0.3 is 0 Å². The first-order valence-corrected chi connectivity index (χ1v) is 5.43. The van der Waals surface area contributed by atoms with E-state index in [4.69, 9.17) is 0 Å². The molecule has 0 N–H and O–H groups in total. The van der Waals surface area contributed by atoms with Crippen molar-refractivity contribution in [2.75, 3.05) is 0 Å². The number of fused-ring (bicyclic) bond motifs is 1. The van der Waals surface area contributed by atoms with Crippen LogP contribution < -0.4 is 0 Å². The number of hydrogen-bond donors (Lipinski definition) is 0. The molecule has 0 heteroatoms. The largest absolute Gasteiger partial charge is 0.0499 e. The van der Waals surface area contributed by atoms with E-state index in [9.17, 15) is 0 Å². The zero-order valence-electron chi connectivity index (χ0n) is 7.00. The van der Waals surface area contributed by atoms with E-state index in [1.165, 1.54) is 35.5 Å². The summed E-state index contributed by atoms with van der Waals surface area (Å²) >= 11 is 0. The molecule has 5 aliphatic carbocycles. The SMILES string of the molecule is C1CC2C3CC1C1CC(C3)C21. The standard InChI is InChI=1S/C11H16/c1-2-9-7-3-6(1)10-5-8(4-7)11(9)10/h6-11H,1-5H2. The van der Waals surface area contributed by atoms with Crippen LogP contribution in [0.15, 0.2) is 0 Å². The van der Waals surface area contributed by atoms with E-state index in [2.05, 4.69) is 0 Å². The molecule has 0 nitrogen and oxygen atoms in total. The Bertz CT molecular complexity index is 206. The monoisotopic (exact) mass is 148 g/mol. The maximum Gasteiger partial charge on any atom is -0.0323 e. The van der Waals surface area contributed by atoms with Gasteiger partial charge in [0.25, 0.3) is 0 Å². The van der Waals surface area contributed by atoms with E-state index in [1.54, 1.807) is 32.1 Å². The zero-order valence-corrected chi connectivity index (χ0v) is 7.00. The summed E-state index contributed by atoms with van der Waals surface area (Å²) in [5.41, 5.74) is 0. The van der Waals surface area contributed by atoms with Gasteiger partial charge in [0.2, 0.25) is 0 Å². The van der Waals surface area contributed by atoms with Gasteiger partial charge in [-0.25, -0.2) is 0 Å². The Morgan fingerprint density at radius 3 is 2.45 bits per heavy atom. The van der Waals surface area contributed by atoms with Crippen LogP contribution >= 0.6 is 0 Å². The molecular weight excluding hydrogens is 132 g/mol. The molecule has 6 unspecified atom stereocenters. The first-order chi connectivity index (χ1) is 5.43. The van der Waals surface area contributed by atoms with Gasteiger partial charge in [-0.2, -0.15) is 0 Å². The third-order valence-electron chi connectivity index (χ3n) is 5.40. The Morgan fingerprint density at radius 1 is 0.636 bits per heavy atom. The van der Waals surface area contributed by atoms with Crippen LogP contribution in [-0.4, -0.2) is 0 Å². The van der Waals surface area contributed by atoms with Crippen molar-refractivity contribution in [2.24, 2.45) is 35.5 Å². The lowest BCUT2D eigenvalue weighted by molar-refractivity contribution is -0.0586. The van der Waals surface area contributed by atoms with Gasteiger partial charge in [0.15, 0.2) is 0 Å². The van der Waals surface area contributed by atoms with Crippen molar-refractivity contribution in [3.8, 4) is 0 Å². The van der Waals surface area contributed by atoms with Crippen LogP contribution in [0, 0.1) is 35.5 Å². The molecule has 0 saturated heterocycles. The Hall–Kier alpha value is 0. The summed E-state index contributed by atoms with van der Waals surface area (Å²) in [4.78, 5) is 0. The fourth-order valence-electron chi connectivity index (χ4n) is 5.12. The molecule has 5 rings (SSSR count). The summed E-state index contributed by atoms with van der Waals surface area (Å²) in [7, 11) is 0. The molecule has 4 bridgehead atoms. The van der Waals surface area contributed by atoms with E-state index < -0.39 is 0 Å². The number of rotatable bonds is 0. The third kappa shape index (κ3) is 0.467. The second-order valence-corrected chi connectivity index (χ2v) is 5.47. The highest BCUT2D eigenvalue weighted by Crippen LogP contribution is 2.69. The molecule has 11 heavy (non-hydrogen) atoms. The first-order valence-electron chi connectivity index (χ1n) is 5.43. The molecule has 5 aliphatic rings. The van der Waals surface area contributed by atoms with Gasteiger partial charge in [-0.1, -0.05) is 0 Å². The van der Waals surface area contributed by atoms with Gasteiger partial charge < -0.3 is 0 Å². The van der Waals surface area contributed by atoms with Crippen LogP contribution in [0.3, 0.4) is 0 Å². The Kier molecular flexibility index (Phi) is 0.781. The topological polar surface area (TPSA) is 0 Å². The van der Waals surface area contributed by atoms with Crippen LogP contribution in [0.4, 0.5) is 0 Å². The second kappa shape index (κ2) is 1.53. The molecule has 0 aromatic heterocycles. The van der Waals surface area contributed by atoms with E-state index in [-0.39, 0.29) is 0 Å². The van der Waals surface area contributed by atoms with Crippen LogP contribution in [0.1, 0.15) is 32.1 Å². The van der Waals surface area contributed by atoms with Gasteiger partial charge in [-0.3, -0.25) is 0 Å². The predicted octanol–water partition coefficient (Wildman–Crippen LogP) is 2.69. The number of hydrogen-bond acceptors (Lipinski definition) is 0. The molecule has 5 saturated carbocycles. The van der Waals surface area contributed by atoms with Crippen molar-refractivity contribution < 1.29 is 0 Å². The highest BCUT2D eigenvalue weighted by molar-refractivity contribution is 5.10. The highest BCUT2D eigenvalue weighted by Gasteiger charge is 2.61. The summed E-state index contributed by atoms with van der Waals surface area (Å²) in [5.74, 6) is 7.35. The maximum atomic E-state index is 1.64. The Labute approximate surface area is 68.4 Å². The van der Waals surface area contributed by atoms with E-state index >= 15 is 0 Å². The summed E-state index contributed by atoms with van der Waals surface area (Å²) < 4.78 is 0. The summed E-state index contributed by atoms with van der Waals surface area (Å²) in [6.45, 7) is 0. The molecule has 60 valence electrons. The molecule has 6 atom stereocenters. The third-order valence-corrected chi connectivity index (χ3v) is 5.40. The van der Waals surface area contributed by atoms with Crippen LogP contribution in [-0.2, 0) is 0 Å². The fraction of sp³-hybridized carbons (Fsp3) is 1.00. The molecule has 5 fully saturated rings. The zero-order chi connectivity index (χ0) is 7.00. The molecule has 0 aromatic rings. The van der Waals surface area contributed by atoms with Crippen LogP contribution in [0.2, 0.25) is 0 Å². The maximum absolute atomic E-state index is 1.64. The normalized spacial score (nSPS) is 69.8. The molecule has 0 spiro atoms. The van der Waals surface area contributed by atoms with Crippen molar-refractivity contribution >= 4 is 0 Å². The lowest BCUT2D eigenvalue weighted by atomic mass is 9.50. The van der Waals surface area contributed by atoms with Crippen molar-refractivity contribution in [2.45, 2.75) is 32.1 Å². The van der Waals surface area contributed by atoms with Crippen LogP contribution in [0.5, 0.6) is 0 Å². The van der Waals surface area contributed by atoms with Crippen molar-refractivity contribution in [3.63, 3.8) is 0 Å². The molecule has 0 radical (unpaired) electrons. The van der Waals surface area contributed by atoms with Crippen LogP contribution in [0.25, 0.3) is 0 Å². The van der Waals surface area contributed by atoms with Gasteiger partial charge in [-0.15, -0.1) is 0 Å². The minimum Gasteiger partial charge on any atom is -0.0499 e. The highest BCUT2D eigenvalue weighted by atomic mass is 14.7. The van der Waals surface area contributed by atoms with Crippen molar-refractivity contribution in [1.29, 1.82) is 0 Å². The summed E-state index contributed by atoms with van der Waals surface area (Å²) in [6, 6.07) is 0. The molecule has 0 aliphatic heterocycles. The van der Waals surface area contributed by atoms with E-state index in [0.29, 0.717) is 0 Å². The van der Waals surface area contributed by atoms with Gasteiger partial charge in [-0.05, 0) is 67.6 Å². The fourth-order valence-corrected chi connectivity index (χ4v) is 5.12. The minimum atomic E-state index is 1.20. The lowest BCUT2D eigenvalue weighted by Crippen LogP contribution is -2.47. The average Bonchev–Trinajstić information content (AvgIpc) is 2.13. The minimum absolute atomic E-state index is 1.20. The van der Waals surface area contributed by atoms with E-state index in [0.717, 1.165) is 0 Å². The molecular formula is C11H16. The van der Waals surface area contributed by atoms with Gasteiger partial charge in [0, 0.05) is 0 Å². The van der Waals surface area contributed by atoms with E-state index in [1.807, 2.05) is 0 Å². The van der Waals surface area contributed by atoms with Crippen molar-refractivity contribution in [1.82, 2.24) is 0 Å².